The van der Waals surface area contributed by atoms with Crippen LogP contribution in [0.3, 0.4) is 0 Å². The van der Waals surface area contributed by atoms with Crippen LogP contribution in [0.1, 0.15) is 76.4 Å². The first-order valence-electron chi connectivity index (χ1n) is 23.9. The summed E-state index contributed by atoms with van der Waals surface area (Å²) in [6, 6.07) is 40.3. The maximum atomic E-state index is 12.2. The lowest BCUT2D eigenvalue weighted by Gasteiger charge is -2.10. The lowest BCUT2D eigenvalue weighted by atomic mass is 10.0. The van der Waals surface area contributed by atoms with Crippen molar-refractivity contribution in [2.24, 2.45) is 0 Å². The van der Waals surface area contributed by atoms with E-state index in [0.29, 0.717) is 70.5 Å². The second-order valence-corrected chi connectivity index (χ2v) is 20.4. The summed E-state index contributed by atoms with van der Waals surface area (Å²) >= 11 is 5.69. The van der Waals surface area contributed by atoms with Gasteiger partial charge in [0.25, 0.3) is 0 Å². The molecule has 0 aliphatic rings. The van der Waals surface area contributed by atoms with Gasteiger partial charge in [-0.05, 0) is 165 Å². The molecule has 0 N–H and O–H groups in total. The van der Waals surface area contributed by atoms with E-state index in [1.165, 1.54) is 26.3 Å². The Morgan fingerprint density at radius 2 is 0.800 bits per heavy atom. The lowest BCUT2D eigenvalue weighted by Crippen LogP contribution is -2.13. The monoisotopic (exact) mass is 1180 g/mol. The third-order valence-electron chi connectivity index (χ3n) is 12.1. The van der Waals surface area contributed by atoms with Crippen molar-refractivity contribution in [1.82, 2.24) is 0 Å². The Morgan fingerprint density at radius 3 is 1.15 bits per heavy atom. The number of ether oxygens (including phenoxy) is 3. The van der Waals surface area contributed by atoms with Gasteiger partial charge < -0.3 is 27.5 Å². The van der Waals surface area contributed by atoms with Crippen LogP contribution in [0.5, 0.6) is 17.2 Å². The van der Waals surface area contributed by atoms with Crippen LogP contribution in [0.15, 0.2) is 160 Å². The molecule has 12 nitrogen and oxygen atoms in total. The van der Waals surface area contributed by atoms with E-state index in [4.69, 9.17) is 27.5 Å². The normalized spacial score (nSPS) is 10.8. The minimum absolute atomic E-state index is 0.0622. The van der Waals surface area contributed by atoms with Crippen LogP contribution in [-0.2, 0) is 53.5 Å². The quantitative estimate of drug-likeness (QED) is 0.0704. The number of hydrogen-bond donors (Lipinski definition) is 0. The van der Waals surface area contributed by atoms with E-state index in [1.54, 1.807) is 18.2 Å². The van der Waals surface area contributed by atoms with Gasteiger partial charge in [0.2, 0.25) is 0 Å². The highest BCUT2D eigenvalue weighted by molar-refractivity contribution is 14.1. The Kier molecular flexibility index (Phi) is 18.6. The number of carbonyl (C=O) groups is 3. The number of aryl methyl sites for hydroxylation is 4. The highest BCUT2D eigenvalue weighted by atomic mass is 127. The Labute approximate surface area is 454 Å². The van der Waals surface area contributed by atoms with E-state index < -0.39 is 16.9 Å². The van der Waals surface area contributed by atoms with Crippen LogP contribution >= 0.6 is 38.5 Å². The van der Waals surface area contributed by atoms with Crippen LogP contribution in [0.2, 0.25) is 0 Å². The minimum Gasteiger partial charge on any atom is -0.489 e. The molecule has 9 aromatic rings. The van der Waals surface area contributed by atoms with Gasteiger partial charge in [-0.3, -0.25) is 14.4 Å². The number of benzene rings is 6. The molecule has 0 aliphatic heterocycles. The molecular weight excluding hydrogens is 1130 g/mol. The SMILES string of the molecule is CC(=O)Cc1c(C)c2ccc(OCc3cccc(Br)c3)cc2oc1=O.CC(=O)Cc1c(C)c2ccc(OCc3cccc(C)c3)cc2oc1=O.CC(=O)Cc1c(C)c2ccc(OCc3cccc(I)c3)cc2oc1=O. The minimum atomic E-state index is -0.468. The average Bonchev–Trinajstić information content (AvgIpc) is 3.36. The molecule has 0 atom stereocenters. The van der Waals surface area contributed by atoms with Gasteiger partial charge in [-0.1, -0.05) is 70.0 Å². The van der Waals surface area contributed by atoms with Crippen LogP contribution < -0.4 is 31.1 Å². The summed E-state index contributed by atoms with van der Waals surface area (Å²) in [5.41, 5.74) is 7.98. The van der Waals surface area contributed by atoms with Gasteiger partial charge in [0, 0.05) is 78.4 Å². The molecule has 0 unspecified atom stereocenters. The van der Waals surface area contributed by atoms with Crippen molar-refractivity contribution in [3.8, 4) is 17.2 Å². The summed E-state index contributed by atoms with van der Waals surface area (Å²) in [4.78, 5) is 70.5. The van der Waals surface area contributed by atoms with E-state index in [2.05, 4.69) is 50.7 Å². The Balaban J connectivity index is 0.000000164. The first-order chi connectivity index (χ1) is 35.8. The molecule has 0 aliphatic carbocycles. The fraction of sp³-hybridized carbons (Fsp3) is 0.213. The molecule has 0 bridgehead atoms. The number of halogens is 2. The van der Waals surface area contributed by atoms with E-state index in [1.807, 2.05) is 125 Å². The third-order valence-corrected chi connectivity index (χ3v) is 13.3. The van der Waals surface area contributed by atoms with Gasteiger partial charge in [0.05, 0.1) is 0 Å². The summed E-state index contributed by atoms with van der Waals surface area (Å²) < 4.78 is 35.7. The van der Waals surface area contributed by atoms with Crippen molar-refractivity contribution in [2.45, 2.75) is 87.5 Å². The van der Waals surface area contributed by atoms with Crippen molar-refractivity contribution >= 4 is 88.8 Å². The van der Waals surface area contributed by atoms with Gasteiger partial charge in [-0.2, -0.15) is 0 Å². The molecular formula is C61H54BrIO12. The molecule has 0 radical (unpaired) electrons. The van der Waals surface area contributed by atoms with Crippen molar-refractivity contribution in [1.29, 1.82) is 0 Å². The Hall–Kier alpha value is -7.43. The zero-order chi connectivity index (χ0) is 53.9. The van der Waals surface area contributed by atoms with Crippen LogP contribution in [0.25, 0.3) is 32.9 Å². The van der Waals surface area contributed by atoms with Gasteiger partial charge in [-0.15, -0.1) is 0 Å². The number of Topliss-reactive ketones (excluding diaryl/α,β-unsaturated/α-hetero) is 3. The highest BCUT2D eigenvalue weighted by Crippen LogP contribution is 2.28. The number of carbonyl (C=O) groups excluding carboxylic acids is 3. The molecule has 3 heterocycles. The summed E-state index contributed by atoms with van der Waals surface area (Å²) in [6.45, 7) is 13.2. The number of ketones is 3. The zero-order valence-corrected chi connectivity index (χ0v) is 46.3. The molecule has 75 heavy (non-hydrogen) atoms. The third kappa shape index (κ3) is 14.9. The molecule has 0 fully saturated rings. The van der Waals surface area contributed by atoms with Gasteiger partial charge in [0.15, 0.2) is 0 Å². The molecule has 0 spiro atoms. The van der Waals surface area contributed by atoms with Gasteiger partial charge in [0.1, 0.15) is 71.2 Å². The molecule has 6 aromatic carbocycles. The Morgan fingerprint density at radius 1 is 0.453 bits per heavy atom. The standard InChI is InChI=1S/C21H20O4.C20H17BrO4.C20H17IO4/c1-13-5-4-6-16(9-13)12-24-17-7-8-18-15(3)19(10-14(2)22)21(23)25-20(18)11-17;2*1-12(22)8-18-13(2)17-7-6-16(10-19(17)25-20(18)23)24-11-14-4-3-5-15(21)9-14/h4-9,11H,10,12H2,1-3H3;2*3-7,9-10H,8,11H2,1-2H3. The molecule has 14 heteroatoms. The van der Waals surface area contributed by atoms with Crippen LogP contribution in [0, 0.1) is 31.3 Å². The number of rotatable bonds is 15. The molecule has 384 valence electrons. The van der Waals surface area contributed by atoms with E-state index in [9.17, 15) is 28.8 Å². The fourth-order valence-corrected chi connectivity index (χ4v) is 9.36. The van der Waals surface area contributed by atoms with Crippen molar-refractivity contribution in [3.05, 3.63) is 222 Å². The van der Waals surface area contributed by atoms with E-state index >= 15 is 0 Å². The van der Waals surface area contributed by atoms with Crippen molar-refractivity contribution in [2.75, 3.05) is 0 Å². The van der Waals surface area contributed by atoms with Crippen molar-refractivity contribution in [3.63, 3.8) is 0 Å². The smallest absolute Gasteiger partial charge is 0.340 e. The van der Waals surface area contributed by atoms with E-state index in [0.717, 1.165) is 57.6 Å². The second kappa shape index (κ2) is 25.2. The van der Waals surface area contributed by atoms with Crippen LogP contribution in [0.4, 0.5) is 0 Å². The predicted octanol–water partition coefficient (Wildman–Crippen LogP) is 13.1. The van der Waals surface area contributed by atoms with Crippen molar-refractivity contribution < 1.29 is 41.8 Å². The average molecular weight is 1190 g/mol. The maximum Gasteiger partial charge on any atom is 0.340 e. The topological polar surface area (TPSA) is 170 Å². The lowest BCUT2D eigenvalue weighted by molar-refractivity contribution is -0.117. The molecule has 9 rings (SSSR count). The van der Waals surface area contributed by atoms with E-state index in [-0.39, 0.29) is 36.6 Å². The predicted molar refractivity (Wildman–Crippen MR) is 302 cm³/mol. The molecule has 0 saturated carbocycles. The molecule has 0 amide bonds. The first-order valence-corrected chi connectivity index (χ1v) is 25.8. The fourth-order valence-electron chi connectivity index (χ4n) is 8.31. The van der Waals surface area contributed by atoms with Crippen LogP contribution in [-0.4, -0.2) is 17.3 Å². The number of fused-ring (bicyclic) bond motifs is 3. The second-order valence-electron chi connectivity index (χ2n) is 18.2. The largest absolute Gasteiger partial charge is 0.489 e. The summed E-state index contributed by atoms with van der Waals surface area (Å²) in [7, 11) is 0. The van der Waals surface area contributed by atoms with Gasteiger partial charge in [-0.25, -0.2) is 14.4 Å². The number of hydrogen-bond acceptors (Lipinski definition) is 12. The Bertz CT molecular complexity index is 3400. The highest BCUT2D eigenvalue weighted by Gasteiger charge is 2.17. The summed E-state index contributed by atoms with van der Waals surface area (Å²) in [5.74, 6) is 1.70. The zero-order valence-electron chi connectivity index (χ0n) is 42.5. The molecule has 3 aromatic heterocycles. The summed E-state index contributed by atoms with van der Waals surface area (Å²) in [5, 5.41) is 2.45. The molecule has 0 saturated heterocycles. The summed E-state index contributed by atoms with van der Waals surface area (Å²) in [6.07, 6.45) is 0.274. The first kappa shape index (κ1) is 55.3. The van der Waals surface area contributed by atoms with Gasteiger partial charge >= 0.3 is 16.9 Å². The maximum absolute atomic E-state index is 12.2.